The molecule has 13 nitrogen and oxygen atoms in total. The predicted octanol–water partition coefficient (Wildman–Crippen LogP) is 6.89. The van der Waals surface area contributed by atoms with Crippen LogP contribution in [0.5, 0.6) is 11.5 Å². The highest BCUT2D eigenvalue weighted by atomic mass is 19.4. The molecule has 1 N–H and O–H groups in total. The molecule has 1 saturated heterocycles. The van der Waals surface area contributed by atoms with Crippen LogP contribution in [0, 0.1) is 11.2 Å². The van der Waals surface area contributed by atoms with Gasteiger partial charge in [-0.25, -0.2) is 14.2 Å². The zero-order valence-corrected chi connectivity index (χ0v) is 35.0. The molecule has 5 rings (SSSR count). The minimum absolute atomic E-state index is 0.000451. The summed E-state index contributed by atoms with van der Waals surface area (Å²) in [5.74, 6) is -2.13. The van der Waals surface area contributed by atoms with Crippen LogP contribution >= 0.6 is 0 Å². The normalized spacial score (nSPS) is 16.8. The Morgan fingerprint density at radius 2 is 1.58 bits per heavy atom. The third-order valence-corrected chi connectivity index (χ3v) is 9.95. The standard InChI is InChI=1S/C43H52F4N6O7/c1-27(50(8)40(57)60-42(5,6)7)37(54)49-36(41(2,3)4)39(56)53-25-33(58-31-16-18-32(19-17-31)59-43(45,46)47)23-30(53)24-52(22-20-28-12-14-29(44)15-13-28)38(55)34-26-51-21-10-9-11-35(51)48-34/h9-19,21,26-27,30,33,36H,20,22-25H2,1-8H3,(H,49,54)/t27-,30-,33-,36+/m0/s1. The average molecular weight is 841 g/mol. The van der Waals surface area contributed by atoms with E-state index in [1.165, 1.54) is 38.2 Å². The second kappa shape index (κ2) is 18.2. The number of likely N-dealkylation sites (tertiary alicyclic amines) is 1. The van der Waals surface area contributed by atoms with Gasteiger partial charge in [-0.1, -0.05) is 39.0 Å². The lowest BCUT2D eigenvalue weighted by atomic mass is 9.85. The molecule has 1 aliphatic heterocycles. The molecular weight excluding hydrogens is 788 g/mol. The quantitative estimate of drug-likeness (QED) is 0.144. The summed E-state index contributed by atoms with van der Waals surface area (Å²) in [6, 6.07) is 13.3. The summed E-state index contributed by atoms with van der Waals surface area (Å²) in [6.07, 6.45) is -2.39. The maximum absolute atomic E-state index is 14.9. The van der Waals surface area contributed by atoms with Crippen molar-refractivity contribution in [3.05, 3.63) is 96.2 Å². The summed E-state index contributed by atoms with van der Waals surface area (Å²) in [6.45, 7) is 12.1. The first kappa shape index (κ1) is 45.2. The number of benzene rings is 2. The number of nitrogens with zero attached hydrogens (tertiary/aromatic N) is 5. The predicted molar refractivity (Wildman–Crippen MR) is 214 cm³/mol. The smallest absolute Gasteiger partial charge is 0.489 e. The van der Waals surface area contributed by atoms with E-state index in [0.717, 1.165) is 22.6 Å². The third-order valence-electron chi connectivity index (χ3n) is 9.95. The molecule has 60 heavy (non-hydrogen) atoms. The summed E-state index contributed by atoms with van der Waals surface area (Å²) >= 11 is 0. The van der Waals surface area contributed by atoms with Crippen LogP contribution in [0.15, 0.2) is 79.1 Å². The Balaban J connectivity index is 1.45. The molecule has 2 aromatic carbocycles. The van der Waals surface area contributed by atoms with Gasteiger partial charge in [-0.15, -0.1) is 13.2 Å². The maximum atomic E-state index is 14.9. The van der Waals surface area contributed by atoms with Crippen molar-refractivity contribution in [3.8, 4) is 11.5 Å². The summed E-state index contributed by atoms with van der Waals surface area (Å²) in [5, 5.41) is 2.86. The van der Waals surface area contributed by atoms with E-state index in [1.54, 1.807) is 98.5 Å². The van der Waals surface area contributed by atoms with E-state index in [-0.39, 0.29) is 37.5 Å². The van der Waals surface area contributed by atoms with E-state index in [4.69, 9.17) is 9.47 Å². The lowest BCUT2D eigenvalue weighted by Crippen LogP contribution is -2.60. The van der Waals surface area contributed by atoms with Gasteiger partial charge in [0.15, 0.2) is 0 Å². The van der Waals surface area contributed by atoms with Gasteiger partial charge in [-0.3, -0.25) is 19.3 Å². The number of pyridine rings is 1. The van der Waals surface area contributed by atoms with Gasteiger partial charge < -0.3 is 33.7 Å². The van der Waals surface area contributed by atoms with Crippen molar-refractivity contribution < 1.29 is 51.0 Å². The van der Waals surface area contributed by atoms with E-state index >= 15 is 0 Å². The van der Waals surface area contributed by atoms with Crippen molar-refractivity contribution in [1.82, 2.24) is 29.4 Å². The Labute approximate surface area is 346 Å². The van der Waals surface area contributed by atoms with E-state index in [2.05, 4.69) is 15.0 Å². The lowest BCUT2D eigenvalue weighted by Gasteiger charge is -2.38. The van der Waals surface area contributed by atoms with Gasteiger partial charge in [0.1, 0.15) is 52.4 Å². The summed E-state index contributed by atoms with van der Waals surface area (Å²) < 4.78 is 69.7. The first-order chi connectivity index (χ1) is 28.0. The largest absolute Gasteiger partial charge is 0.573 e. The van der Waals surface area contributed by atoms with Crippen LogP contribution in [0.25, 0.3) is 5.65 Å². The SMILES string of the molecule is C[C@@H](C(=O)N[C@H](C(=O)N1C[C@@H](Oc2ccc(OC(F)(F)F)cc2)C[C@H]1CN(CCc1ccc(F)cc1)C(=O)c1cn2ccccc2n1)C(C)(C)C)N(C)C(=O)OC(C)(C)C. The molecule has 0 bridgehead atoms. The number of fused-ring (bicyclic) bond motifs is 1. The lowest BCUT2D eigenvalue weighted by molar-refractivity contribution is -0.274. The monoisotopic (exact) mass is 840 g/mol. The van der Waals surface area contributed by atoms with Gasteiger partial charge in [-0.05, 0) is 93.6 Å². The number of carbonyl (C=O) groups excluding carboxylic acids is 4. The first-order valence-electron chi connectivity index (χ1n) is 19.5. The van der Waals surface area contributed by atoms with Crippen molar-refractivity contribution in [2.75, 3.05) is 26.7 Å². The summed E-state index contributed by atoms with van der Waals surface area (Å²) in [5.41, 5.74) is -0.194. The number of hydrogen-bond acceptors (Lipinski definition) is 8. The van der Waals surface area contributed by atoms with Gasteiger partial charge in [-0.2, -0.15) is 0 Å². The fraction of sp³-hybridized carbons (Fsp3) is 0.465. The van der Waals surface area contributed by atoms with E-state index in [0.29, 0.717) is 12.1 Å². The number of carbonyl (C=O) groups is 4. The van der Waals surface area contributed by atoms with Crippen LogP contribution in [0.2, 0.25) is 0 Å². The topological polar surface area (TPSA) is 135 Å². The minimum atomic E-state index is -4.88. The molecule has 0 saturated carbocycles. The molecule has 4 aromatic rings. The van der Waals surface area contributed by atoms with Gasteiger partial charge in [0.2, 0.25) is 11.8 Å². The molecular formula is C43H52F4N6O7. The number of ether oxygens (including phenoxy) is 3. The van der Waals surface area contributed by atoms with Crippen LogP contribution in [-0.4, -0.2) is 111 Å². The maximum Gasteiger partial charge on any atom is 0.573 e. The minimum Gasteiger partial charge on any atom is -0.489 e. The number of rotatable bonds is 13. The highest BCUT2D eigenvalue weighted by Gasteiger charge is 2.45. The fourth-order valence-electron chi connectivity index (χ4n) is 6.70. The van der Waals surface area contributed by atoms with E-state index < -0.39 is 77.0 Å². The molecule has 0 unspecified atom stereocenters. The molecule has 324 valence electrons. The van der Waals surface area contributed by atoms with Gasteiger partial charge >= 0.3 is 12.5 Å². The second-order valence-electron chi connectivity index (χ2n) is 16.9. The van der Waals surface area contributed by atoms with Crippen molar-refractivity contribution in [3.63, 3.8) is 0 Å². The van der Waals surface area contributed by atoms with Gasteiger partial charge in [0, 0.05) is 39.0 Å². The zero-order valence-electron chi connectivity index (χ0n) is 35.0. The Kier molecular flexibility index (Phi) is 13.7. The number of halogens is 4. The number of hydrogen-bond donors (Lipinski definition) is 1. The fourth-order valence-corrected chi connectivity index (χ4v) is 6.70. The van der Waals surface area contributed by atoms with Crippen LogP contribution < -0.4 is 14.8 Å². The van der Waals surface area contributed by atoms with Gasteiger partial charge in [0.25, 0.3) is 5.91 Å². The molecule has 2 aromatic heterocycles. The molecule has 0 spiro atoms. The highest BCUT2D eigenvalue weighted by molar-refractivity contribution is 5.93. The van der Waals surface area contributed by atoms with Crippen LogP contribution in [-0.2, 0) is 20.7 Å². The third kappa shape index (κ3) is 12.1. The molecule has 0 radical (unpaired) electrons. The van der Waals surface area contributed by atoms with Crippen LogP contribution in [0.3, 0.4) is 0 Å². The van der Waals surface area contributed by atoms with Crippen LogP contribution in [0.4, 0.5) is 22.4 Å². The number of likely N-dealkylation sites (N-methyl/N-ethyl adjacent to an activating group) is 1. The van der Waals surface area contributed by atoms with E-state index in [9.17, 15) is 36.7 Å². The highest BCUT2D eigenvalue weighted by Crippen LogP contribution is 2.31. The Bertz CT molecular complexity index is 2100. The summed E-state index contributed by atoms with van der Waals surface area (Å²) in [4.78, 5) is 64.6. The Morgan fingerprint density at radius 3 is 2.18 bits per heavy atom. The van der Waals surface area contributed by atoms with E-state index in [1.807, 2.05) is 0 Å². The molecule has 1 aliphatic rings. The van der Waals surface area contributed by atoms with Crippen LogP contribution in [0.1, 0.15) is 70.9 Å². The Morgan fingerprint density at radius 1 is 0.933 bits per heavy atom. The molecule has 4 amide bonds. The molecule has 17 heteroatoms. The number of imidazole rings is 1. The average Bonchev–Trinajstić information content (AvgIpc) is 3.78. The number of amides is 4. The summed E-state index contributed by atoms with van der Waals surface area (Å²) in [7, 11) is 1.42. The van der Waals surface area contributed by atoms with Crippen molar-refractivity contribution in [2.45, 2.75) is 97.5 Å². The number of nitrogens with one attached hydrogen (secondary N) is 1. The first-order valence-corrected chi connectivity index (χ1v) is 19.5. The molecule has 1 fully saturated rings. The molecule has 3 heterocycles. The van der Waals surface area contributed by atoms with Crippen molar-refractivity contribution in [1.29, 1.82) is 0 Å². The van der Waals surface area contributed by atoms with Gasteiger partial charge in [0.05, 0.1) is 12.6 Å². The Hall–Kier alpha value is -5.87. The number of aromatic nitrogens is 2. The number of alkyl halides is 3. The van der Waals surface area contributed by atoms with Crippen molar-refractivity contribution >= 4 is 29.5 Å². The zero-order chi connectivity index (χ0) is 44.2. The molecule has 0 aliphatic carbocycles. The molecule has 4 atom stereocenters. The van der Waals surface area contributed by atoms with Crippen molar-refractivity contribution in [2.24, 2.45) is 5.41 Å². The second-order valence-corrected chi connectivity index (χ2v) is 16.9.